The van der Waals surface area contributed by atoms with Crippen LogP contribution in [0.1, 0.15) is 24.2 Å². The summed E-state index contributed by atoms with van der Waals surface area (Å²) in [6.07, 6.45) is 4.32. The number of aromatic nitrogens is 6. The molecule has 4 heterocycles. The van der Waals surface area contributed by atoms with Gasteiger partial charge in [-0.3, -0.25) is 9.55 Å². The van der Waals surface area contributed by atoms with Crippen LogP contribution in [0.4, 0.5) is 16.0 Å². The van der Waals surface area contributed by atoms with Gasteiger partial charge in [0.05, 0.1) is 31.2 Å². The zero-order valence-electron chi connectivity index (χ0n) is 16.0. The quantitative estimate of drug-likeness (QED) is 0.534. The van der Waals surface area contributed by atoms with Gasteiger partial charge in [-0.1, -0.05) is 0 Å². The van der Waals surface area contributed by atoms with E-state index >= 15 is 0 Å². The maximum Gasteiger partial charge on any atom is 0.328 e. The third-order valence-electron chi connectivity index (χ3n) is 4.45. The maximum atomic E-state index is 13.2. The van der Waals surface area contributed by atoms with Crippen molar-refractivity contribution in [3.63, 3.8) is 0 Å². The third-order valence-corrected chi connectivity index (χ3v) is 4.45. The summed E-state index contributed by atoms with van der Waals surface area (Å²) in [7, 11) is 1.52. The minimum atomic E-state index is -0.463. The number of hydrogen-bond donors (Lipinski definition) is 2. The fraction of sp³-hybridized carbons (Fsp3) is 0.211. The van der Waals surface area contributed by atoms with Crippen LogP contribution in [0.2, 0.25) is 0 Å². The van der Waals surface area contributed by atoms with Crippen LogP contribution in [0, 0.1) is 12.7 Å². The van der Waals surface area contributed by atoms with Gasteiger partial charge in [-0.25, -0.2) is 19.2 Å². The van der Waals surface area contributed by atoms with Crippen LogP contribution in [0.5, 0.6) is 5.88 Å². The molecular formula is C19H18FN7O2. The highest BCUT2D eigenvalue weighted by Gasteiger charge is 2.18. The molecule has 148 valence electrons. The Morgan fingerprint density at radius 1 is 1.21 bits per heavy atom. The Kier molecular flexibility index (Phi) is 4.67. The number of anilines is 2. The van der Waals surface area contributed by atoms with Crippen LogP contribution in [0.25, 0.3) is 11.2 Å². The minimum Gasteiger partial charge on any atom is -0.480 e. The molecule has 0 fully saturated rings. The normalized spacial score (nSPS) is 12.1. The van der Waals surface area contributed by atoms with E-state index in [1.807, 2.05) is 13.0 Å². The number of halogens is 1. The number of imidazole rings is 1. The molecular weight excluding hydrogens is 377 g/mol. The van der Waals surface area contributed by atoms with Gasteiger partial charge in [0.15, 0.2) is 5.65 Å². The van der Waals surface area contributed by atoms with E-state index in [9.17, 15) is 9.18 Å². The number of ether oxygens (including phenoxy) is 1. The first kappa shape index (κ1) is 18.5. The van der Waals surface area contributed by atoms with Crippen LogP contribution < -0.4 is 15.7 Å². The summed E-state index contributed by atoms with van der Waals surface area (Å²) in [6.45, 7) is 3.69. The van der Waals surface area contributed by atoms with Crippen LogP contribution in [0.15, 0.2) is 41.6 Å². The molecule has 0 aromatic carbocycles. The van der Waals surface area contributed by atoms with Crippen molar-refractivity contribution in [1.29, 1.82) is 0 Å². The van der Waals surface area contributed by atoms with Crippen molar-refractivity contribution in [1.82, 2.24) is 29.5 Å². The highest BCUT2D eigenvalue weighted by Crippen LogP contribution is 2.25. The number of rotatable bonds is 5. The third kappa shape index (κ3) is 3.51. The van der Waals surface area contributed by atoms with Crippen LogP contribution >= 0.6 is 0 Å². The van der Waals surface area contributed by atoms with Crippen molar-refractivity contribution in [2.75, 3.05) is 12.4 Å². The molecule has 1 atom stereocenters. The predicted molar refractivity (Wildman–Crippen MR) is 105 cm³/mol. The maximum absolute atomic E-state index is 13.2. The van der Waals surface area contributed by atoms with Gasteiger partial charge in [0.2, 0.25) is 11.8 Å². The Morgan fingerprint density at radius 2 is 2.03 bits per heavy atom. The first-order chi connectivity index (χ1) is 14.0. The lowest BCUT2D eigenvalue weighted by atomic mass is 10.2. The zero-order chi connectivity index (χ0) is 20.5. The summed E-state index contributed by atoms with van der Waals surface area (Å²) in [4.78, 5) is 32.3. The lowest BCUT2D eigenvalue weighted by Crippen LogP contribution is -2.22. The van der Waals surface area contributed by atoms with Gasteiger partial charge in [0.25, 0.3) is 0 Å². The zero-order valence-corrected chi connectivity index (χ0v) is 16.0. The molecule has 0 radical (unpaired) electrons. The summed E-state index contributed by atoms with van der Waals surface area (Å²) in [6, 6.07) is 4.23. The molecule has 4 aromatic heterocycles. The van der Waals surface area contributed by atoms with Crippen molar-refractivity contribution < 1.29 is 9.13 Å². The van der Waals surface area contributed by atoms with Crippen LogP contribution in [0.3, 0.4) is 0 Å². The molecule has 1 unspecified atom stereocenters. The molecule has 0 aliphatic carbocycles. The number of aromatic amines is 1. The molecule has 2 N–H and O–H groups in total. The second-order valence-corrected chi connectivity index (χ2v) is 6.50. The monoisotopic (exact) mass is 395 g/mol. The fourth-order valence-electron chi connectivity index (χ4n) is 3.03. The topological polar surface area (TPSA) is 111 Å². The van der Waals surface area contributed by atoms with Crippen molar-refractivity contribution in [3.8, 4) is 5.88 Å². The predicted octanol–water partition coefficient (Wildman–Crippen LogP) is 2.72. The highest BCUT2D eigenvalue weighted by atomic mass is 19.1. The molecule has 9 nitrogen and oxygen atoms in total. The SMILES string of the molecule is COc1ncc(C)cc1Nc1ncc2[nH]c(=O)n(C(C)c3ccc(F)cn3)c2n1. The number of pyridine rings is 2. The standard InChI is InChI=1S/C19H18FN7O2/c1-10-6-14(17(29-3)22-7-10)24-18-23-9-15-16(26-18)27(19(28)25-15)11(2)13-5-4-12(20)8-21-13/h4-9,11H,1-3H3,(H,25,28)(H,23,24,26). The van der Waals surface area contributed by atoms with Gasteiger partial charge >= 0.3 is 5.69 Å². The number of aryl methyl sites for hydroxylation is 1. The van der Waals surface area contributed by atoms with E-state index in [2.05, 4.69) is 30.2 Å². The largest absolute Gasteiger partial charge is 0.480 e. The fourth-order valence-corrected chi connectivity index (χ4v) is 3.03. The van der Waals surface area contributed by atoms with Gasteiger partial charge in [-0.15, -0.1) is 0 Å². The average molecular weight is 395 g/mol. The molecule has 4 rings (SSSR count). The second kappa shape index (κ2) is 7.30. The summed E-state index contributed by atoms with van der Waals surface area (Å²) in [5.74, 6) is 0.228. The van der Waals surface area contributed by atoms with Gasteiger partial charge in [0, 0.05) is 6.20 Å². The van der Waals surface area contributed by atoms with E-state index in [1.165, 1.54) is 30.0 Å². The molecule has 0 aliphatic heterocycles. The summed E-state index contributed by atoms with van der Waals surface area (Å²) < 4.78 is 19.9. The van der Waals surface area contributed by atoms with Gasteiger partial charge in [-0.05, 0) is 37.6 Å². The van der Waals surface area contributed by atoms with Crippen LogP contribution in [-0.4, -0.2) is 36.6 Å². The number of hydrogen-bond acceptors (Lipinski definition) is 7. The molecule has 10 heteroatoms. The van der Waals surface area contributed by atoms with Crippen molar-refractivity contribution in [3.05, 3.63) is 64.3 Å². The minimum absolute atomic E-state index is 0.273. The molecule has 0 bridgehead atoms. The Morgan fingerprint density at radius 3 is 2.76 bits per heavy atom. The average Bonchev–Trinajstić information content (AvgIpc) is 3.03. The van der Waals surface area contributed by atoms with E-state index in [4.69, 9.17) is 4.74 Å². The second-order valence-electron chi connectivity index (χ2n) is 6.50. The van der Waals surface area contributed by atoms with Crippen molar-refractivity contribution in [2.24, 2.45) is 0 Å². The van der Waals surface area contributed by atoms with Crippen molar-refractivity contribution >= 4 is 22.8 Å². The number of nitrogens with zero attached hydrogens (tertiary/aromatic N) is 5. The Balaban J connectivity index is 1.76. The Hall–Kier alpha value is -3.82. The molecule has 4 aromatic rings. The van der Waals surface area contributed by atoms with E-state index in [1.54, 1.807) is 13.1 Å². The molecule has 0 saturated carbocycles. The van der Waals surface area contributed by atoms with Gasteiger partial charge < -0.3 is 15.0 Å². The lowest BCUT2D eigenvalue weighted by molar-refractivity contribution is 0.400. The molecule has 0 saturated heterocycles. The first-order valence-electron chi connectivity index (χ1n) is 8.82. The summed E-state index contributed by atoms with van der Waals surface area (Å²) in [5.41, 5.74) is 2.58. The number of fused-ring (bicyclic) bond motifs is 1. The van der Waals surface area contributed by atoms with Crippen LogP contribution in [-0.2, 0) is 0 Å². The Labute approximate surface area is 164 Å². The molecule has 0 amide bonds. The first-order valence-corrected chi connectivity index (χ1v) is 8.82. The lowest BCUT2D eigenvalue weighted by Gasteiger charge is -2.13. The summed E-state index contributed by atoms with van der Waals surface area (Å²) >= 11 is 0. The highest BCUT2D eigenvalue weighted by molar-refractivity contribution is 5.72. The number of methoxy groups -OCH3 is 1. The molecule has 0 aliphatic rings. The molecule has 0 spiro atoms. The number of nitrogens with one attached hydrogen (secondary N) is 2. The number of H-pyrrole nitrogens is 1. The van der Waals surface area contributed by atoms with E-state index in [-0.39, 0.29) is 11.6 Å². The van der Waals surface area contributed by atoms with Crippen molar-refractivity contribution in [2.45, 2.75) is 19.9 Å². The van der Waals surface area contributed by atoms with E-state index < -0.39 is 11.9 Å². The van der Waals surface area contributed by atoms with E-state index in [0.29, 0.717) is 28.4 Å². The van der Waals surface area contributed by atoms with Gasteiger partial charge in [-0.2, -0.15) is 4.98 Å². The van der Waals surface area contributed by atoms with E-state index in [0.717, 1.165) is 11.8 Å². The summed E-state index contributed by atoms with van der Waals surface area (Å²) in [5, 5.41) is 3.07. The Bertz CT molecular complexity index is 1230. The van der Waals surface area contributed by atoms with Gasteiger partial charge in [0.1, 0.15) is 17.0 Å². The smallest absolute Gasteiger partial charge is 0.328 e. The molecule has 29 heavy (non-hydrogen) atoms.